The van der Waals surface area contributed by atoms with Crippen LogP contribution in [0, 0.1) is 18.8 Å². The van der Waals surface area contributed by atoms with Crippen molar-refractivity contribution >= 4 is 44.1 Å². The minimum atomic E-state index is 0.601. The molecule has 0 bridgehead atoms. The molecule has 0 saturated heterocycles. The fourth-order valence-corrected chi connectivity index (χ4v) is 5.60. The van der Waals surface area contributed by atoms with E-state index in [9.17, 15) is 0 Å². The van der Waals surface area contributed by atoms with Crippen molar-refractivity contribution in [1.29, 1.82) is 0 Å². The first-order valence-corrected chi connectivity index (χ1v) is 12.5. The Morgan fingerprint density at radius 3 is 2.35 bits per heavy atom. The Kier molecular flexibility index (Phi) is 4.88. The van der Waals surface area contributed by atoms with Crippen molar-refractivity contribution in [3.05, 3.63) is 88.5 Å². The molecule has 0 atom stereocenters. The zero-order chi connectivity index (χ0) is 23.6. The van der Waals surface area contributed by atoms with Crippen LogP contribution in [0.3, 0.4) is 0 Å². The van der Waals surface area contributed by atoms with Gasteiger partial charge in [-0.25, -0.2) is 4.99 Å². The Morgan fingerprint density at radius 2 is 1.56 bits per heavy atom. The first-order valence-electron chi connectivity index (χ1n) is 12.5. The van der Waals surface area contributed by atoms with E-state index in [0.717, 1.165) is 46.4 Å². The lowest BCUT2D eigenvalue weighted by atomic mass is 9.88. The van der Waals surface area contributed by atoms with E-state index in [2.05, 4.69) is 89.2 Å². The van der Waals surface area contributed by atoms with Crippen molar-refractivity contribution in [2.24, 2.45) is 16.8 Å². The van der Waals surface area contributed by atoms with Gasteiger partial charge in [0.15, 0.2) is 0 Å². The van der Waals surface area contributed by atoms with E-state index in [0.29, 0.717) is 11.8 Å². The number of furan rings is 1. The summed E-state index contributed by atoms with van der Waals surface area (Å²) in [7, 11) is 0. The Morgan fingerprint density at radius 1 is 0.765 bits per heavy atom. The number of hydrogen-bond acceptors (Lipinski definition) is 2. The molecule has 6 rings (SSSR count). The normalized spacial score (nSPS) is 13.2. The van der Waals surface area contributed by atoms with Crippen LogP contribution in [0.25, 0.3) is 32.7 Å². The molecule has 0 radical (unpaired) electrons. The zero-order valence-corrected chi connectivity index (χ0v) is 20.7. The molecule has 0 spiro atoms. The molecule has 0 aliphatic carbocycles. The van der Waals surface area contributed by atoms with E-state index >= 15 is 0 Å². The van der Waals surface area contributed by atoms with Crippen LogP contribution < -0.4 is 0 Å². The quantitative estimate of drug-likeness (QED) is 0.260. The van der Waals surface area contributed by atoms with Gasteiger partial charge in [0.05, 0.1) is 11.4 Å². The third-order valence-corrected chi connectivity index (χ3v) is 6.88. The zero-order valence-electron chi connectivity index (χ0n) is 20.7. The summed E-state index contributed by atoms with van der Waals surface area (Å²) in [5.41, 5.74) is 10.4. The molecule has 1 aliphatic heterocycles. The van der Waals surface area contributed by atoms with Gasteiger partial charge < -0.3 is 4.42 Å². The third kappa shape index (κ3) is 3.36. The fourth-order valence-electron chi connectivity index (χ4n) is 5.60. The highest BCUT2D eigenvalue weighted by Gasteiger charge is 2.25. The van der Waals surface area contributed by atoms with Gasteiger partial charge in [-0.3, -0.25) is 0 Å². The summed E-state index contributed by atoms with van der Waals surface area (Å²) < 4.78 is 6.44. The number of hydrogen-bond donors (Lipinski definition) is 0. The monoisotopic (exact) mass is 445 g/mol. The van der Waals surface area contributed by atoms with Gasteiger partial charge in [-0.05, 0) is 84.0 Å². The van der Waals surface area contributed by atoms with E-state index in [1.54, 1.807) is 0 Å². The SMILES string of the molecule is Cc1cc(C2=Nc3ccc(CC(C)C)c4cc(CC(C)C)cc2c34)c2oc3ccccc3c2c1. The molecule has 1 aromatic heterocycles. The summed E-state index contributed by atoms with van der Waals surface area (Å²) in [6.45, 7) is 11.3. The third-order valence-electron chi connectivity index (χ3n) is 6.88. The van der Waals surface area contributed by atoms with Crippen molar-refractivity contribution in [2.75, 3.05) is 0 Å². The molecule has 0 amide bonds. The molecule has 4 aromatic carbocycles. The van der Waals surface area contributed by atoms with Crippen LogP contribution >= 0.6 is 0 Å². The highest BCUT2D eigenvalue weighted by molar-refractivity contribution is 6.30. The molecule has 2 heteroatoms. The molecule has 0 unspecified atom stereocenters. The van der Waals surface area contributed by atoms with Gasteiger partial charge in [0.1, 0.15) is 11.2 Å². The molecule has 34 heavy (non-hydrogen) atoms. The van der Waals surface area contributed by atoms with E-state index in [1.807, 2.05) is 6.07 Å². The molecule has 2 nitrogen and oxygen atoms in total. The maximum Gasteiger partial charge on any atom is 0.144 e. The number of aryl methyl sites for hydroxylation is 1. The van der Waals surface area contributed by atoms with Gasteiger partial charge in [-0.1, -0.05) is 58.0 Å². The lowest BCUT2D eigenvalue weighted by Crippen LogP contribution is -2.04. The van der Waals surface area contributed by atoms with Crippen molar-refractivity contribution in [2.45, 2.75) is 47.5 Å². The number of rotatable bonds is 5. The number of fused-ring (bicyclic) bond motifs is 3. The molecule has 5 aromatic rings. The molecule has 1 aliphatic rings. The van der Waals surface area contributed by atoms with Crippen molar-refractivity contribution in [3.8, 4) is 0 Å². The van der Waals surface area contributed by atoms with Gasteiger partial charge in [0.25, 0.3) is 0 Å². The number of aliphatic imine (C=N–C) groups is 1. The molecule has 2 heterocycles. The summed E-state index contributed by atoms with van der Waals surface area (Å²) in [4.78, 5) is 5.23. The average Bonchev–Trinajstić information content (AvgIpc) is 3.34. The second kappa shape index (κ2) is 7.84. The van der Waals surface area contributed by atoms with Crippen LogP contribution in [0.5, 0.6) is 0 Å². The van der Waals surface area contributed by atoms with Gasteiger partial charge in [0.2, 0.25) is 0 Å². The summed E-state index contributed by atoms with van der Waals surface area (Å²) in [5.74, 6) is 1.21. The number of benzene rings is 4. The van der Waals surface area contributed by atoms with Gasteiger partial charge in [-0.2, -0.15) is 0 Å². The summed E-state index contributed by atoms with van der Waals surface area (Å²) >= 11 is 0. The molecule has 0 fully saturated rings. The summed E-state index contributed by atoms with van der Waals surface area (Å²) in [5, 5.41) is 4.99. The van der Waals surface area contributed by atoms with Crippen LogP contribution in [-0.4, -0.2) is 5.71 Å². The molecule has 0 saturated carbocycles. The minimum absolute atomic E-state index is 0.601. The minimum Gasteiger partial charge on any atom is -0.455 e. The Bertz CT molecular complexity index is 1610. The predicted molar refractivity (Wildman–Crippen MR) is 145 cm³/mol. The van der Waals surface area contributed by atoms with Crippen molar-refractivity contribution in [1.82, 2.24) is 0 Å². The van der Waals surface area contributed by atoms with Gasteiger partial charge in [-0.15, -0.1) is 0 Å². The predicted octanol–water partition coefficient (Wildman–Crippen LogP) is 8.93. The first kappa shape index (κ1) is 21.2. The standard InChI is InChI=1S/C32H31NO/c1-18(2)12-21-16-24-22(13-19(3)4)10-11-28-30(24)26(17-21)31(33-28)27-15-20(5)14-25-23-8-6-7-9-29(23)34-32(25)27/h6-11,14-19H,12-13H2,1-5H3. The van der Waals surface area contributed by atoms with E-state index in [4.69, 9.17) is 9.41 Å². The lowest BCUT2D eigenvalue weighted by Gasteiger charge is -2.14. The number of para-hydroxylation sites is 1. The maximum atomic E-state index is 6.44. The van der Waals surface area contributed by atoms with Crippen LogP contribution in [0.4, 0.5) is 5.69 Å². The molecule has 170 valence electrons. The van der Waals surface area contributed by atoms with Gasteiger partial charge in [0, 0.05) is 27.3 Å². The Balaban J connectivity index is 1.64. The van der Waals surface area contributed by atoms with Gasteiger partial charge >= 0.3 is 0 Å². The second-order valence-corrected chi connectivity index (χ2v) is 10.8. The topological polar surface area (TPSA) is 25.5 Å². The van der Waals surface area contributed by atoms with Crippen molar-refractivity contribution in [3.63, 3.8) is 0 Å². The second-order valence-electron chi connectivity index (χ2n) is 10.8. The first-order chi connectivity index (χ1) is 16.4. The Labute approximate surface area is 201 Å². The van der Waals surface area contributed by atoms with Crippen molar-refractivity contribution < 1.29 is 4.42 Å². The van der Waals surface area contributed by atoms with E-state index in [-0.39, 0.29) is 0 Å². The van der Waals surface area contributed by atoms with Crippen LogP contribution in [0.2, 0.25) is 0 Å². The fraction of sp³-hybridized carbons (Fsp3) is 0.281. The van der Waals surface area contributed by atoms with Crippen LogP contribution in [-0.2, 0) is 12.8 Å². The molecular formula is C32H31NO. The Hall–Kier alpha value is -3.39. The molecule has 0 N–H and O–H groups in total. The highest BCUT2D eigenvalue weighted by atomic mass is 16.3. The van der Waals surface area contributed by atoms with Crippen LogP contribution in [0.1, 0.15) is 55.5 Å². The smallest absolute Gasteiger partial charge is 0.144 e. The maximum absolute atomic E-state index is 6.44. The summed E-state index contributed by atoms with van der Waals surface area (Å²) in [6, 6.07) is 22.1. The highest BCUT2D eigenvalue weighted by Crippen LogP contribution is 2.42. The summed E-state index contributed by atoms with van der Waals surface area (Å²) in [6.07, 6.45) is 2.14. The largest absolute Gasteiger partial charge is 0.455 e. The van der Waals surface area contributed by atoms with E-state index < -0.39 is 0 Å². The van der Waals surface area contributed by atoms with E-state index in [1.165, 1.54) is 38.4 Å². The lowest BCUT2D eigenvalue weighted by molar-refractivity contribution is 0.646. The average molecular weight is 446 g/mol. The van der Waals surface area contributed by atoms with Crippen LogP contribution in [0.15, 0.2) is 70.1 Å². The molecular weight excluding hydrogens is 414 g/mol. The number of nitrogens with zero attached hydrogens (tertiary/aromatic N) is 1.